The second-order valence-electron chi connectivity index (χ2n) is 5.53. The van der Waals surface area contributed by atoms with Crippen molar-refractivity contribution in [2.45, 2.75) is 32.2 Å². The number of amides is 1. The van der Waals surface area contributed by atoms with Gasteiger partial charge in [0, 0.05) is 13.0 Å². The van der Waals surface area contributed by atoms with Gasteiger partial charge in [-0.2, -0.15) is 0 Å². The number of carboxylic acids is 1. The van der Waals surface area contributed by atoms with Crippen LogP contribution in [0.25, 0.3) is 0 Å². The minimum Gasteiger partial charge on any atom is -0.481 e. The van der Waals surface area contributed by atoms with Crippen LogP contribution in [-0.4, -0.2) is 41.5 Å². The third kappa shape index (κ3) is 5.59. The fourth-order valence-electron chi connectivity index (χ4n) is 2.72. The molecule has 0 bridgehead atoms. The van der Waals surface area contributed by atoms with Gasteiger partial charge in [-0.05, 0) is 43.9 Å². The summed E-state index contributed by atoms with van der Waals surface area (Å²) in [4.78, 5) is 24.6. The molecular weight excluding hydrogens is 272 g/mol. The lowest BCUT2D eigenvalue weighted by molar-refractivity contribution is -0.137. The smallest absolute Gasteiger partial charge is 0.303 e. The molecule has 2 heterocycles. The zero-order valence-corrected chi connectivity index (χ0v) is 12.1. The highest BCUT2D eigenvalue weighted by molar-refractivity contribution is 5.77. The largest absolute Gasteiger partial charge is 0.481 e. The van der Waals surface area contributed by atoms with Gasteiger partial charge in [0.1, 0.15) is 5.76 Å². The summed E-state index contributed by atoms with van der Waals surface area (Å²) in [5, 5.41) is 11.6. The summed E-state index contributed by atoms with van der Waals surface area (Å²) in [6.07, 6.45) is 4.57. The van der Waals surface area contributed by atoms with Crippen LogP contribution >= 0.6 is 0 Å². The summed E-state index contributed by atoms with van der Waals surface area (Å²) in [6.45, 7) is 2.48. The Morgan fingerprint density at radius 1 is 1.48 bits per heavy atom. The van der Waals surface area contributed by atoms with Gasteiger partial charge in [-0.25, -0.2) is 0 Å². The van der Waals surface area contributed by atoms with Gasteiger partial charge >= 0.3 is 5.97 Å². The molecule has 1 aliphatic heterocycles. The summed E-state index contributed by atoms with van der Waals surface area (Å²) < 4.78 is 5.16. The van der Waals surface area contributed by atoms with Crippen molar-refractivity contribution in [3.8, 4) is 0 Å². The molecule has 2 rings (SSSR count). The van der Waals surface area contributed by atoms with E-state index in [1.807, 2.05) is 6.07 Å². The number of carbonyl (C=O) groups is 2. The number of carboxylic acid groups (broad SMARTS) is 1. The molecule has 1 saturated heterocycles. The quantitative estimate of drug-likeness (QED) is 0.796. The van der Waals surface area contributed by atoms with Crippen molar-refractivity contribution < 1.29 is 19.1 Å². The maximum atomic E-state index is 11.9. The molecule has 6 heteroatoms. The van der Waals surface area contributed by atoms with Gasteiger partial charge in [0.25, 0.3) is 0 Å². The molecule has 116 valence electrons. The average Bonchev–Trinajstić information content (AvgIpc) is 2.97. The van der Waals surface area contributed by atoms with Crippen molar-refractivity contribution in [1.29, 1.82) is 0 Å². The van der Waals surface area contributed by atoms with Crippen molar-refractivity contribution in [1.82, 2.24) is 10.2 Å². The molecule has 0 spiro atoms. The highest BCUT2D eigenvalue weighted by Gasteiger charge is 2.22. The number of aliphatic carboxylic acids is 1. The number of nitrogens with zero attached hydrogens (tertiary/aromatic N) is 1. The van der Waals surface area contributed by atoms with E-state index in [0.717, 1.165) is 31.7 Å². The second-order valence-corrected chi connectivity index (χ2v) is 5.53. The fraction of sp³-hybridized carbons (Fsp3) is 0.600. The number of rotatable bonds is 7. The van der Waals surface area contributed by atoms with E-state index in [-0.39, 0.29) is 12.3 Å². The summed E-state index contributed by atoms with van der Waals surface area (Å²) in [7, 11) is 0. The molecule has 1 aromatic rings. The van der Waals surface area contributed by atoms with Gasteiger partial charge in [0.15, 0.2) is 0 Å². The van der Waals surface area contributed by atoms with E-state index in [2.05, 4.69) is 10.2 Å². The minimum atomic E-state index is -0.747. The lowest BCUT2D eigenvalue weighted by Crippen LogP contribution is -2.42. The summed E-state index contributed by atoms with van der Waals surface area (Å²) in [5.41, 5.74) is 0. The first-order valence-corrected chi connectivity index (χ1v) is 7.36. The van der Waals surface area contributed by atoms with Crippen LogP contribution in [0.5, 0.6) is 0 Å². The van der Waals surface area contributed by atoms with Crippen molar-refractivity contribution in [3.05, 3.63) is 24.2 Å². The van der Waals surface area contributed by atoms with Crippen LogP contribution in [0.1, 0.15) is 31.4 Å². The number of piperidine rings is 1. The van der Waals surface area contributed by atoms with Crippen LogP contribution in [0.15, 0.2) is 22.8 Å². The lowest BCUT2D eigenvalue weighted by atomic mass is 9.93. The monoisotopic (exact) mass is 294 g/mol. The van der Waals surface area contributed by atoms with Crippen LogP contribution < -0.4 is 5.32 Å². The molecule has 1 aromatic heterocycles. The molecule has 1 fully saturated rings. The molecule has 0 aromatic carbocycles. The van der Waals surface area contributed by atoms with E-state index in [1.54, 1.807) is 12.3 Å². The van der Waals surface area contributed by atoms with Gasteiger partial charge in [-0.15, -0.1) is 0 Å². The SMILES string of the molecule is O=C(O)CCC1CCCN(CC(=O)NCc2ccco2)C1. The van der Waals surface area contributed by atoms with Crippen molar-refractivity contribution >= 4 is 11.9 Å². The van der Waals surface area contributed by atoms with Crippen molar-refractivity contribution in [2.24, 2.45) is 5.92 Å². The zero-order valence-electron chi connectivity index (χ0n) is 12.1. The predicted octanol–water partition coefficient (Wildman–Crippen LogP) is 1.47. The number of hydrogen-bond donors (Lipinski definition) is 2. The number of hydrogen-bond acceptors (Lipinski definition) is 4. The standard InChI is InChI=1S/C15H22N2O4/c18-14(16-9-13-4-2-8-21-13)11-17-7-1-3-12(10-17)5-6-15(19)20/h2,4,8,12H,1,3,5-7,9-11H2,(H,16,18)(H,19,20). The zero-order chi connectivity index (χ0) is 15.1. The molecule has 2 N–H and O–H groups in total. The summed E-state index contributed by atoms with van der Waals surface area (Å²) in [6, 6.07) is 3.61. The van der Waals surface area contributed by atoms with Crippen LogP contribution in [0, 0.1) is 5.92 Å². The Morgan fingerprint density at radius 2 is 2.33 bits per heavy atom. The second kappa shape index (κ2) is 7.83. The number of nitrogens with one attached hydrogen (secondary N) is 1. The molecule has 6 nitrogen and oxygen atoms in total. The Bertz CT molecular complexity index is 458. The highest BCUT2D eigenvalue weighted by atomic mass is 16.4. The average molecular weight is 294 g/mol. The van der Waals surface area contributed by atoms with Gasteiger partial charge in [-0.3, -0.25) is 14.5 Å². The van der Waals surface area contributed by atoms with Crippen LogP contribution in [-0.2, 0) is 16.1 Å². The third-order valence-corrected chi connectivity index (χ3v) is 3.78. The van der Waals surface area contributed by atoms with E-state index in [4.69, 9.17) is 9.52 Å². The van der Waals surface area contributed by atoms with E-state index in [1.165, 1.54) is 0 Å². The highest BCUT2D eigenvalue weighted by Crippen LogP contribution is 2.20. The molecule has 1 aliphatic rings. The normalized spacial score (nSPS) is 19.3. The van der Waals surface area contributed by atoms with Crippen molar-refractivity contribution in [3.63, 3.8) is 0 Å². The molecule has 1 unspecified atom stereocenters. The number of furan rings is 1. The van der Waals surface area contributed by atoms with E-state index in [9.17, 15) is 9.59 Å². The molecule has 1 atom stereocenters. The fourth-order valence-corrected chi connectivity index (χ4v) is 2.72. The Morgan fingerprint density at radius 3 is 3.05 bits per heavy atom. The maximum Gasteiger partial charge on any atom is 0.303 e. The van der Waals surface area contributed by atoms with Gasteiger partial charge in [0.2, 0.25) is 5.91 Å². The molecule has 0 radical (unpaired) electrons. The summed E-state index contributed by atoms with van der Waals surface area (Å²) >= 11 is 0. The van der Waals surface area contributed by atoms with Gasteiger partial charge in [-0.1, -0.05) is 0 Å². The Hall–Kier alpha value is -1.82. The number of likely N-dealkylation sites (tertiary alicyclic amines) is 1. The van der Waals surface area contributed by atoms with E-state index >= 15 is 0 Å². The lowest BCUT2D eigenvalue weighted by Gasteiger charge is -2.32. The van der Waals surface area contributed by atoms with E-state index in [0.29, 0.717) is 25.4 Å². The third-order valence-electron chi connectivity index (χ3n) is 3.78. The van der Waals surface area contributed by atoms with E-state index < -0.39 is 5.97 Å². The molecular formula is C15H22N2O4. The first kappa shape index (κ1) is 15.6. The molecule has 21 heavy (non-hydrogen) atoms. The summed E-state index contributed by atoms with van der Waals surface area (Å²) in [5.74, 6) is 0.350. The molecule has 0 aliphatic carbocycles. The number of carbonyl (C=O) groups excluding carboxylic acids is 1. The van der Waals surface area contributed by atoms with Gasteiger partial charge in [0.05, 0.1) is 19.4 Å². The first-order valence-electron chi connectivity index (χ1n) is 7.36. The van der Waals surface area contributed by atoms with Crippen LogP contribution in [0.4, 0.5) is 0 Å². The molecule has 1 amide bonds. The van der Waals surface area contributed by atoms with Crippen molar-refractivity contribution in [2.75, 3.05) is 19.6 Å². The molecule has 0 saturated carbocycles. The topological polar surface area (TPSA) is 82.8 Å². The maximum absolute atomic E-state index is 11.9. The Labute approximate surface area is 124 Å². The first-order chi connectivity index (χ1) is 10.1. The predicted molar refractivity (Wildman–Crippen MR) is 76.6 cm³/mol. The Kier molecular flexibility index (Phi) is 5.80. The Balaban J connectivity index is 1.69. The van der Waals surface area contributed by atoms with Crippen LogP contribution in [0.2, 0.25) is 0 Å². The van der Waals surface area contributed by atoms with Crippen LogP contribution in [0.3, 0.4) is 0 Å². The minimum absolute atomic E-state index is 0.0229. The van der Waals surface area contributed by atoms with Gasteiger partial charge < -0.3 is 14.8 Å².